The van der Waals surface area contributed by atoms with Gasteiger partial charge in [-0.15, -0.1) is 0 Å². The van der Waals surface area contributed by atoms with E-state index in [1.54, 1.807) is 7.05 Å². The Morgan fingerprint density at radius 2 is 1.29 bits per heavy atom. The minimum atomic E-state index is -0.879. The highest BCUT2D eigenvalue weighted by Gasteiger charge is 2.18. The van der Waals surface area contributed by atoms with Crippen LogP contribution in [0, 0.1) is 6.92 Å². The lowest BCUT2D eigenvalue weighted by molar-refractivity contribution is -0.139. The van der Waals surface area contributed by atoms with E-state index >= 15 is 0 Å². The van der Waals surface area contributed by atoms with Crippen LogP contribution in [0.5, 0.6) is 0 Å². The Bertz CT molecular complexity index is 1210. The topological polar surface area (TPSA) is 255 Å². The van der Waals surface area contributed by atoms with E-state index in [1.165, 1.54) is 0 Å². The molecule has 1 saturated heterocycles. The van der Waals surface area contributed by atoms with Crippen LogP contribution in [0.15, 0.2) is 24.3 Å². The van der Waals surface area contributed by atoms with E-state index in [0.29, 0.717) is 65.1 Å². The van der Waals surface area contributed by atoms with E-state index in [9.17, 15) is 28.8 Å². The molecule has 314 valence electrons. The quantitative estimate of drug-likeness (QED) is 0.0814. The zero-order chi connectivity index (χ0) is 41.9. The zero-order valence-corrected chi connectivity index (χ0v) is 33.1. The number of nitrogens with two attached hydrogens (primary N) is 1. The molecule has 0 bridgehead atoms. The number of benzene rings is 1. The summed E-state index contributed by atoms with van der Waals surface area (Å²) in [5.41, 5.74) is 7.29. The number of nitrogens with one attached hydrogen (secondary N) is 3. The second kappa shape index (κ2) is 35.4. The molecule has 1 atom stereocenters. The molecule has 55 heavy (non-hydrogen) atoms. The van der Waals surface area contributed by atoms with Crippen molar-refractivity contribution in [1.29, 1.82) is 0 Å². The number of likely N-dealkylation sites (N-methyl/N-ethyl adjacent to an activating group) is 2. The molecule has 1 aromatic carbocycles. The summed E-state index contributed by atoms with van der Waals surface area (Å²) in [5, 5.41) is 33.4. The SMILES string of the molecule is CCC=O.CCN1CCN(CC=O)CCN(CC(=O)O)CCCN(CC(=O)O)CC1.CNC(CCCCN)C(=O)NCC(=O)Nc1ccc(C)cc1.O=CO. The first-order valence-corrected chi connectivity index (χ1v) is 18.6. The molecule has 2 amide bonds. The molecule has 1 fully saturated rings. The third-order valence-corrected chi connectivity index (χ3v) is 8.18. The van der Waals surface area contributed by atoms with Gasteiger partial charge in [-0.2, -0.15) is 0 Å². The Morgan fingerprint density at radius 3 is 1.71 bits per heavy atom. The molecule has 18 heteroatoms. The molecule has 18 nitrogen and oxygen atoms in total. The predicted octanol–water partition coefficient (Wildman–Crippen LogP) is 0.0489. The van der Waals surface area contributed by atoms with Gasteiger partial charge in [0, 0.05) is 64.5 Å². The van der Waals surface area contributed by atoms with Crippen molar-refractivity contribution in [2.45, 2.75) is 58.9 Å². The van der Waals surface area contributed by atoms with E-state index in [1.807, 2.05) is 52.8 Å². The Balaban J connectivity index is 0. The minimum Gasteiger partial charge on any atom is -0.483 e. The number of aliphatic carboxylic acids is 2. The lowest BCUT2D eigenvalue weighted by Crippen LogP contribution is -2.45. The van der Waals surface area contributed by atoms with Crippen LogP contribution in [-0.2, 0) is 33.6 Å². The van der Waals surface area contributed by atoms with Gasteiger partial charge < -0.3 is 51.5 Å². The molecule has 0 saturated carbocycles. The molecule has 1 aromatic rings. The molecule has 0 aromatic heterocycles. The molecule has 0 radical (unpaired) electrons. The van der Waals surface area contributed by atoms with E-state index in [0.717, 1.165) is 62.8 Å². The normalized spacial score (nSPS) is 15.1. The highest BCUT2D eigenvalue weighted by atomic mass is 16.4. The van der Waals surface area contributed by atoms with Crippen LogP contribution in [0.1, 0.15) is 51.5 Å². The van der Waals surface area contributed by atoms with Crippen molar-refractivity contribution in [3.8, 4) is 0 Å². The number of aryl methyl sites for hydroxylation is 1. The highest BCUT2D eigenvalue weighted by molar-refractivity contribution is 5.95. The van der Waals surface area contributed by atoms with Gasteiger partial charge in [0.25, 0.3) is 6.47 Å². The van der Waals surface area contributed by atoms with Gasteiger partial charge in [0.2, 0.25) is 11.8 Å². The monoisotopic (exact) mass is 782 g/mol. The predicted molar refractivity (Wildman–Crippen MR) is 211 cm³/mol. The van der Waals surface area contributed by atoms with E-state index in [-0.39, 0.29) is 44.0 Å². The second-order valence-corrected chi connectivity index (χ2v) is 12.5. The Hall–Kier alpha value is -4.33. The summed E-state index contributed by atoms with van der Waals surface area (Å²) >= 11 is 0. The van der Waals surface area contributed by atoms with Gasteiger partial charge in [0.1, 0.15) is 12.6 Å². The lowest BCUT2D eigenvalue weighted by atomic mass is 10.1. The third-order valence-electron chi connectivity index (χ3n) is 8.18. The summed E-state index contributed by atoms with van der Waals surface area (Å²) in [6, 6.07) is 7.21. The van der Waals surface area contributed by atoms with Crippen molar-refractivity contribution in [2.75, 3.05) is 104 Å². The fourth-order valence-corrected chi connectivity index (χ4v) is 5.15. The summed E-state index contributed by atoms with van der Waals surface area (Å²) in [6.45, 7) is 12.7. The number of amides is 2. The van der Waals surface area contributed by atoms with Crippen molar-refractivity contribution < 1.29 is 48.9 Å². The summed E-state index contributed by atoms with van der Waals surface area (Å²) in [6.07, 6.45) is 5.58. The molecule has 1 aliphatic rings. The molecule has 1 heterocycles. The van der Waals surface area contributed by atoms with E-state index < -0.39 is 11.9 Å². The van der Waals surface area contributed by atoms with Crippen LogP contribution in [0.4, 0.5) is 5.69 Å². The standard InChI is InChI=1S/C17H32N4O5.C16H26N4O2.C3H6O.CH2O2/c1-2-18-6-8-19(12-13-22)9-11-21(15-17(25)26)5-3-4-20(10-7-18)14-16(23)24;1-12-6-8-13(9-7-12)20-15(21)11-19-16(22)14(18-2)5-3-4-10-17;1-2-3-4;2-1-3/h13H,2-12,14-15H2,1H3,(H,23,24)(H,25,26);6-9,14,18H,3-5,10-11,17H2,1-2H3,(H,19,22)(H,20,21);3H,2H2,1H3;1H,(H,2,3). The van der Waals surface area contributed by atoms with Crippen molar-refractivity contribution in [3.63, 3.8) is 0 Å². The Morgan fingerprint density at radius 1 is 0.800 bits per heavy atom. The van der Waals surface area contributed by atoms with E-state index in [4.69, 9.17) is 25.8 Å². The van der Waals surface area contributed by atoms with Crippen LogP contribution in [0.2, 0.25) is 0 Å². The van der Waals surface area contributed by atoms with Gasteiger partial charge in [-0.1, -0.05) is 38.0 Å². The number of hydrogen-bond acceptors (Lipinski definition) is 13. The maximum atomic E-state index is 12.0. The summed E-state index contributed by atoms with van der Waals surface area (Å²) in [4.78, 5) is 82.5. The maximum Gasteiger partial charge on any atom is 0.317 e. The average Bonchev–Trinajstić information content (AvgIpc) is 3.16. The average molecular weight is 783 g/mol. The maximum absolute atomic E-state index is 12.0. The highest BCUT2D eigenvalue weighted by Crippen LogP contribution is 2.08. The number of aldehydes is 2. The Kier molecular flexibility index (Phi) is 33.9. The summed E-state index contributed by atoms with van der Waals surface area (Å²) < 4.78 is 0. The van der Waals surface area contributed by atoms with Crippen molar-refractivity contribution >= 4 is 48.5 Å². The van der Waals surface area contributed by atoms with Gasteiger partial charge in [-0.3, -0.25) is 38.7 Å². The summed E-state index contributed by atoms with van der Waals surface area (Å²) in [7, 11) is 1.74. The van der Waals surface area contributed by atoms with Gasteiger partial charge in [0.15, 0.2) is 0 Å². The Labute approximate surface area is 325 Å². The van der Waals surface area contributed by atoms with Crippen LogP contribution >= 0.6 is 0 Å². The van der Waals surface area contributed by atoms with Crippen LogP contribution in [0.25, 0.3) is 0 Å². The first kappa shape index (κ1) is 52.8. The number of carbonyl (C=O) groups is 7. The molecule has 1 aliphatic heterocycles. The molecule has 8 N–H and O–H groups in total. The van der Waals surface area contributed by atoms with Crippen molar-refractivity contribution in [3.05, 3.63) is 29.8 Å². The molecule has 0 spiro atoms. The van der Waals surface area contributed by atoms with E-state index in [2.05, 4.69) is 27.8 Å². The molecule has 2 rings (SSSR count). The number of rotatable bonds is 17. The minimum absolute atomic E-state index is 0.00620. The zero-order valence-electron chi connectivity index (χ0n) is 33.1. The van der Waals surface area contributed by atoms with Gasteiger partial charge in [0.05, 0.1) is 32.2 Å². The number of nitrogens with zero attached hydrogens (tertiary/aromatic N) is 4. The molecule has 0 aliphatic carbocycles. The number of hydrogen-bond donors (Lipinski definition) is 7. The number of anilines is 1. The fourth-order valence-electron chi connectivity index (χ4n) is 5.15. The second-order valence-electron chi connectivity index (χ2n) is 12.5. The van der Waals surface area contributed by atoms with Crippen LogP contribution in [0.3, 0.4) is 0 Å². The van der Waals surface area contributed by atoms with Gasteiger partial charge in [-0.25, -0.2) is 0 Å². The lowest BCUT2D eigenvalue weighted by Gasteiger charge is -2.28. The first-order valence-electron chi connectivity index (χ1n) is 18.6. The van der Waals surface area contributed by atoms with Gasteiger partial charge >= 0.3 is 11.9 Å². The van der Waals surface area contributed by atoms with Crippen LogP contribution < -0.4 is 21.7 Å². The van der Waals surface area contributed by atoms with Crippen LogP contribution in [-0.4, -0.2) is 182 Å². The molecular formula is C37H66N8O10. The number of carbonyl (C=O) groups excluding carboxylic acids is 4. The summed E-state index contributed by atoms with van der Waals surface area (Å²) in [5.74, 6) is -2.14. The molecular weight excluding hydrogens is 716 g/mol. The van der Waals surface area contributed by atoms with Crippen molar-refractivity contribution in [1.82, 2.24) is 30.2 Å². The van der Waals surface area contributed by atoms with Gasteiger partial charge in [-0.05, 0) is 58.5 Å². The smallest absolute Gasteiger partial charge is 0.317 e. The fraction of sp³-hybridized carbons (Fsp3) is 0.649. The largest absolute Gasteiger partial charge is 0.483 e. The number of carboxylic acid groups (broad SMARTS) is 3. The first-order chi connectivity index (χ1) is 26.3. The molecule has 1 unspecified atom stereocenters. The number of unbranched alkanes of at least 4 members (excludes halogenated alkanes) is 1. The number of carboxylic acids is 2. The van der Waals surface area contributed by atoms with Crippen molar-refractivity contribution in [2.24, 2.45) is 5.73 Å². The third kappa shape index (κ3) is 30.7.